The zero-order valence-corrected chi connectivity index (χ0v) is 21.9. The Bertz CT molecular complexity index is 1320. The van der Waals surface area contributed by atoms with Crippen LogP contribution in [0.15, 0.2) is 0 Å². The molecule has 0 aromatic rings. The van der Waals surface area contributed by atoms with Gasteiger partial charge in [0.15, 0.2) is 0 Å². The highest BCUT2D eigenvalue weighted by Gasteiger charge is 3.00. The lowest BCUT2D eigenvalue weighted by Crippen LogP contribution is -2.79. The second-order valence-corrected chi connectivity index (χ2v) is 10.7. The summed E-state index contributed by atoms with van der Waals surface area (Å²) in [4.78, 5) is 0. The standard InChI is InChI=1S/C16H5F29O3S/c17-3(18,1-2-49(46,47)48)4(19,20)5(21,22)6(23,24)7(25,26)8(27,28)9(29,30)10(31,32)11(33,34)12(35,36)13(37,38)14(39,40)15(41,42)16(43,44)45/h1-2H2,(H,46,47,48). The van der Waals surface area contributed by atoms with Gasteiger partial charge in [-0.3, -0.25) is 4.55 Å². The molecule has 0 radical (unpaired) electrons. The first-order valence-corrected chi connectivity index (χ1v) is 12.0. The van der Waals surface area contributed by atoms with Crippen molar-refractivity contribution in [3.8, 4) is 0 Å². The van der Waals surface area contributed by atoms with E-state index in [2.05, 4.69) is 0 Å². The van der Waals surface area contributed by atoms with Gasteiger partial charge < -0.3 is 0 Å². The summed E-state index contributed by atoms with van der Waals surface area (Å²) in [5.41, 5.74) is 0. The van der Waals surface area contributed by atoms with Crippen LogP contribution >= 0.6 is 0 Å². The topological polar surface area (TPSA) is 54.4 Å². The van der Waals surface area contributed by atoms with Crippen molar-refractivity contribution < 1.29 is 140 Å². The first-order valence-electron chi connectivity index (χ1n) is 10.4. The molecule has 0 saturated heterocycles. The Morgan fingerprint density at radius 2 is 0.469 bits per heavy atom. The Morgan fingerprint density at radius 3 is 0.633 bits per heavy atom. The van der Waals surface area contributed by atoms with Crippen LogP contribution in [0.25, 0.3) is 0 Å². The minimum absolute atomic E-state index is 2.96. The maximum Gasteiger partial charge on any atom is 0.460 e. The number of rotatable bonds is 15. The predicted octanol–water partition coefficient (Wildman–Crippen LogP) is 9.09. The smallest absolute Gasteiger partial charge is 0.286 e. The summed E-state index contributed by atoms with van der Waals surface area (Å²) in [5.74, 6) is -125. The van der Waals surface area contributed by atoms with Gasteiger partial charge in [0.25, 0.3) is 10.1 Å². The van der Waals surface area contributed by atoms with Gasteiger partial charge in [-0.2, -0.15) is 136 Å². The molecule has 0 aliphatic rings. The lowest BCUT2D eigenvalue weighted by Gasteiger charge is -2.46. The largest absolute Gasteiger partial charge is 0.460 e. The minimum atomic E-state index is -10.0. The monoisotopic (exact) mass is 828 g/mol. The van der Waals surface area contributed by atoms with Crippen LogP contribution in [-0.4, -0.2) is 102 Å². The van der Waals surface area contributed by atoms with Crippen LogP contribution in [0.2, 0.25) is 0 Å². The molecule has 0 aromatic carbocycles. The van der Waals surface area contributed by atoms with Gasteiger partial charge >= 0.3 is 83.2 Å². The highest BCUT2D eigenvalue weighted by molar-refractivity contribution is 7.85. The summed E-state index contributed by atoms with van der Waals surface area (Å²) in [6, 6.07) is 0. The van der Waals surface area contributed by atoms with E-state index in [1.807, 2.05) is 0 Å². The van der Waals surface area contributed by atoms with E-state index in [1.54, 1.807) is 0 Å². The molecule has 0 spiro atoms. The Kier molecular flexibility index (Phi) is 10.9. The maximum atomic E-state index is 13.8. The molecule has 0 heterocycles. The molecule has 1 N–H and O–H groups in total. The molecule has 0 bridgehead atoms. The summed E-state index contributed by atoms with van der Waals surface area (Å²) in [6.07, 6.45) is -12.0. The molecule has 0 aromatic heterocycles. The van der Waals surface area contributed by atoms with Crippen molar-refractivity contribution in [3.63, 3.8) is 0 Å². The molecule has 0 fully saturated rings. The van der Waals surface area contributed by atoms with Gasteiger partial charge in [0.1, 0.15) is 0 Å². The maximum absolute atomic E-state index is 13.8. The van der Waals surface area contributed by atoms with Crippen LogP contribution < -0.4 is 0 Å². The van der Waals surface area contributed by atoms with Crippen molar-refractivity contribution in [2.24, 2.45) is 0 Å². The Labute approximate surface area is 247 Å². The molecule has 0 amide bonds. The Morgan fingerprint density at radius 1 is 0.306 bits per heavy atom. The molecular formula is C16H5F29O3S. The summed E-state index contributed by atoms with van der Waals surface area (Å²) in [5, 5.41) is 0. The van der Waals surface area contributed by atoms with E-state index in [9.17, 15) is 136 Å². The number of hydrogen-bond donors (Lipinski definition) is 1. The van der Waals surface area contributed by atoms with Gasteiger partial charge in [0.05, 0.1) is 5.75 Å². The first kappa shape index (κ1) is 46.9. The average molecular weight is 828 g/mol. The van der Waals surface area contributed by atoms with Crippen LogP contribution in [0.1, 0.15) is 6.42 Å². The Hall–Kier alpha value is -2.12. The lowest BCUT2D eigenvalue weighted by molar-refractivity contribution is -0.487. The molecule has 0 rings (SSSR count). The van der Waals surface area contributed by atoms with Crippen molar-refractivity contribution >= 4 is 10.1 Å². The third kappa shape index (κ3) is 5.95. The van der Waals surface area contributed by atoms with Crippen molar-refractivity contribution in [1.82, 2.24) is 0 Å². The minimum Gasteiger partial charge on any atom is -0.286 e. The predicted molar refractivity (Wildman–Crippen MR) is 91.4 cm³/mol. The van der Waals surface area contributed by atoms with Crippen LogP contribution in [-0.2, 0) is 10.1 Å². The third-order valence-electron chi connectivity index (χ3n) is 5.83. The third-order valence-corrected chi connectivity index (χ3v) is 6.55. The number of halogens is 29. The average Bonchev–Trinajstić information content (AvgIpc) is 2.84. The molecule has 0 atom stereocenters. The number of hydrogen-bond acceptors (Lipinski definition) is 2. The van der Waals surface area contributed by atoms with Crippen LogP contribution in [0.5, 0.6) is 0 Å². The Balaban J connectivity index is 7.51. The van der Waals surface area contributed by atoms with Crippen molar-refractivity contribution in [1.29, 1.82) is 0 Å². The molecule has 33 heteroatoms. The normalized spacial score (nSPS) is 17.1. The fraction of sp³-hybridized carbons (Fsp3) is 1.00. The van der Waals surface area contributed by atoms with Crippen LogP contribution in [0.4, 0.5) is 127 Å². The van der Waals surface area contributed by atoms with E-state index < -0.39 is 105 Å². The summed E-state index contributed by atoms with van der Waals surface area (Å²) in [7, 11) is -6.07. The van der Waals surface area contributed by atoms with Crippen molar-refractivity contribution in [3.05, 3.63) is 0 Å². The second kappa shape index (κ2) is 11.4. The molecule has 0 saturated carbocycles. The first-order chi connectivity index (χ1) is 20.5. The van der Waals surface area contributed by atoms with E-state index in [-0.39, 0.29) is 0 Å². The molecule has 296 valence electrons. The van der Waals surface area contributed by atoms with Gasteiger partial charge in [0, 0.05) is 6.42 Å². The second-order valence-electron chi connectivity index (χ2n) is 9.13. The van der Waals surface area contributed by atoms with Crippen molar-refractivity contribution in [2.75, 3.05) is 5.75 Å². The molecular weight excluding hydrogens is 823 g/mol. The summed E-state index contributed by atoms with van der Waals surface area (Å²) >= 11 is 0. The van der Waals surface area contributed by atoms with E-state index in [0.717, 1.165) is 0 Å². The van der Waals surface area contributed by atoms with Crippen molar-refractivity contribution in [2.45, 2.75) is 89.6 Å². The van der Waals surface area contributed by atoms with E-state index in [1.165, 1.54) is 0 Å². The molecule has 0 aliphatic heterocycles. The highest BCUT2D eigenvalue weighted by Crippen LogP contribution is 2.69. The fourth-order valence-corrected chi connectivity index (χ4v) is 3.31. The zero-order valence-electron chi connectivity index (χ0n) is 21.0. The van der Waals surface area contributed by atoms with Gasteiger partial charge in [-0.15, -0.1) is 0 Å². The molecule has 0 unspecified atom stereocenters. The lowest BCUT2D eigenvalue weighted by atomic mass is 9.83. The van der Waals surface area contributed by atoms with E-state index in [0.29, 0.717) is 0 Å². The van der Waals surface area contributed by atoms with Gasteiger partial charge in [-0.25, -0.2) is 0 Å². The summed E-state index contributed by atoms with van der Waals surface area (Å²) < 4.78 is 416. The van der Waals surface area contributed by atoms with Gasteiger partial charge in [0.2, 0.25) is 0 Å². The fourth-order valence-electron chi connectivity index (χ4n) is 2.79. The van der Waals surface area contributed by atoms with Crippen LogP contribution in [0, 0.1) is 0 Å². The quantitative estimate of drug-likeness (QED) is 0.133. The van der Waals surface area contributed by atoms with Gasteiger partial charge in [-0.05, 0) is 0 Å². The van der Waals surface area contributed by atoms with E-state index >= 15 is 0 Å². The molecule has 49 heavy (non-hydrogen) atoms. The SMILES string of the molecule is O=S(=O)(O)CCC(F)(F)C(F)(F)C(F)(F)C(F)(F)C(F)(F)C(F)(F)C(F)(F)C(F)(F)C(F)(F)C(F)(F)C(F)(F)C(F)(F)C(F)(F)C(F)(F)F. The highest BCUT2D eigenvalue weighted by atomic mass is 32.2. The molecule has 0 aliphatic carbocycles. The van der Waals surface area contributed by atoms with E-state index in [4.69, 9.17) is 4.55 Å². The zero-order chi connectivity index (χ0) is 40.9. The molecule has 3 nitrogen and oxygen atoms in total. The summed E-state index contributed by atoms with van der Waals surface area (Å²) in [6.45, 7) is 0. The number of alkyl halides is 29. The van der Waals surface area contributed by atoms with Crippen LogP contribution in [0.3, 0.4) is 0 Å². The van der Waals surface area contributed by atoms with Gasteiger partial charge in [-0.1, -0.05) is 0 Å².